The van der Waals surface area contributed by atoms with Crippen LogP contribution in [0.2, 0.25) is 0 Å². The summed E-state index contributed by atoms with van der Waals surface area (Å²) in [6, 6.07) is 19.1. The number of carbonyl (C=O) groups excluding carboxylic acids is 2. The summed E-state index contributed by atoms with van der Waals surface area (Å²) >= 11 is 0. The Kier molecular flexibility index (Phi) is 14.0. The Morgan fingerprint density at radius 3 is 2.38 bits per heavy atom. The van der Waals surface area contributed by atoms with Crippen LogP contribution in [0, 0.1) is 23.5 Å². The number of esters is 1. The molecule has 0 saturated carbocycles. The molecule has 280 valence electrons. The Labute approximate surface area is 306 Å². The molecule has 3 aromatic rings. The molecule has 1 N–H and O–H groups in total. The summed E-state index contributed by atoms with van der Waals surface area (Å²) in [6.45, 7) is 9.63. The van der Waals surface area contributed by atoms with Gasteiger partial charge in [0.1, 0.15) is 35.6 Å². The summed E-state index contributed by atoms with van der Waals surface area (Å²) < 4.78 is 46.5. The Bertz CT molecular complexity index is 1600. The number of aliphatic hydroxyl groups excluding tert-OH is 1. The first-order valence-electron chi connectivity index (χ1n) is 18.3. The standard InChI is InChI=1S/C42H52F2N2O6/c1-5-19-51-36-25-38(45(27-36)26-30-11-14-35(50-4)15-12-30)40(47)39(23-31-21-33(43)24-34(44)22-31)52-42(49)37(16-13-29-9-7-6-8-10-29)46-18-17-32(41(46)48)20-28(2)3/h5-12,14-15,21-22,24,28,32,36-40,47H,1,13,16-20,23,25-27H2,2-4H3/t32?,36-,37?,38-,39+,40-/m1/s1. The Morgan fingerprint density at radius 1 is 1.02 bits per heavy atom. The average molecular weight is 719 g/mol. The molecule has 2 saturated heterocycles. The summed E-state index contributed by atoms with van der Waals surface area (Å²) in [7, 11) is 1.60. The largest absolute Gasteiger partial charge is 0.497 e. The van der Waals surface area contributed by atoms with Gasteiger partial charge in [0.25, 0.3) is 0 Å². The fourth-order valence-electron chi connectivity index (χ4n) is 7.60. The van der Waals surface area contributed by atoms with Crippen LogP contribution in [0.4, 0.5) is 8.78 Å². The molecule has 2 aliphatic heterocycles. The minimum Gasteiger partial charge on any atom is -0.497 e. The van der Waals surface area contributed by atoms with Crippen molar-refractivity contribution in [2.75, 3.05) is 26.8 Å². The van der Waals surface area contributed by atoms with E-state index >= 15 is 0 Å². The van der Waals surface area contributed by atoms with E-state index in [2.05, 4.69) is 25.3 Å². The number of methoxy groups -OCH3 is 1. The highest BCUT2D eigenvalue weighted by atomic mass is 19.1. The maximum atomic E-state index is 14.4. The second kappa shape index (κ2) is 18.6. The molecule has 52 heavy (non-hydrogen) atoms. The van der Waals surface area contributed by atoms with Gasteiger partial charge < -0.3 is 24.2 Å². The van der Waals surface area contributed by atoms with E-state index in [0.717, 1.165) is 29.4 Å². The maximum Gasteiger partial charge on any atom is 0.329 e. The van der Waals surface area contributed by atoms with Gasteiger partial charge in [0.15, 0.2) is 0 Å². The van der Waals surface area contributed by atoms with Crippen molar-refractivity contribution in [1.29, 1.82) is 0 Å². The highest BCUT2D eigenvalue weighted by Gasteiger charge is 2.44. The van der Waals surface area contributed by atoms with E-state index in [-0.39, 0.29) is 29.9 Å². The Hall–Kier alpha value is -4.12. The van der Waals surface area contributed by atoms with Gasteiger partial charge in [0.2, 0.25) is 5.91 Å². The lowest BCUT2D eigenvalue weighted by Crippen LogP contribution is -2.50. The molecule has 2 fully saturated rings. The molecule has 2 heterocycles. The monoisotopic (exact) mass is 718 g/mol. The van der Waals surface area contributed by atoms with Crippen molar-refractivity contribution in [3.63, 3.8) is 0 Å². The number of hydrogen-bond acceptors (Lipinski definition) is 7. The molecule has 0 bridgehead atoms. The summed E-state index contributed by atoms with van der Waals surface area (Å²) in [5, 5.41) is 12.2. The fraction of sp³-hybridized carbons (Fsp3) is 0.476. The summed E-state index contributed by atoms with van der Waals surface area (Å²) in [5.74, 6) is -1.39. The second-order valence-electron chi connectivity index (χ2n) is 14.5. The number of aryl methyl sites for hydroxylation is 1. The van der Waals surface area contributed by atoms with Gasteiger partial charge in [-0.15, -0.1) is 6.58 Å². The number of amides is 1. The Morgan fingerprint density at radius 2 is 1.73 bits per heavy atom. The minimum absolute atomic E-state index is 0.0725. The lowest BCUT2D eigenvalue weighted by atomic mass is 9.95. The molecule has 1 amide bonds. The van der Waals surface area contributed by atoms with Crippen LogP contribution >= 0.6 is 0 Å². The molecule has 6 atom stereocenters. The molecule has 0 spiro atoms. The van der Waals surface area contributed by atoms with Crippen LogP contribution in [0.3, 0.4) is 0 Å². The van der Waals surface area contributed by atoms with E-state index in [0.29, 0.717) is 57.8 Å². The molecule has 2 aliphatic rings. The van der Waals surface area contributed by atoms with Crippen molar-refractivity contribution in [1.82, 2.24) is 9.80 Å². The third kappa shape index (κ3) is 10.5. The van der Waals surface area contributed by atoms with Crippen molar-refractivity contribution in [2.45, 2.75) is 89.3 Å². The highest BCUT2D eigenvalue weighted by Crippen LogP contribution is 2.31. The van der Waals surface area contributed by atoms with Crippen LogP contribution in [-0.2, 0) is 38.4 Å². The second-order valence-corrected chi connectivity index (χ2v) is 14.5. The van der Waals surface area contributed by atoms with E-state index in [9.17, 15) is 23.5 Å². The number of rotatable bonds is 18. The van der Waals surface area contributed by atoms with Crippen molar-refractivity contribution >= 4 is 11.9 Å². The Balaban J connectivity index is 1.44. The first-order valence-corrected chi connectivity index (χ1v) is 18.3. The van der Waals surface area contributed by atoms with E-state index in [1.807, 2.05) is 54.6 Å². The zero-order chi connectivity index (χ0) is 37.2. The average Bonchev–Trinajstić information content (AvgIpc) is 3.69. The van der Waals surface area contributed by atoms with Crippen molar-refractivity contribution in [3.8, 4) is 5.75 Å². The third-order valence-electron chi connectivity index (χ3n) is 10.1. The third-order valence-corrected chi connectivity index (χ3v) is 10.1. The molecule has 8 nitrogen and oxygen atoms in total. The number of ether oxygens (including phenoxy) is 3. The molecule has 0 aliphatic carbocycles. The first-order chi connectivity index (χ1) is 25.0. The molecule has 2 unspecified atom stereocenters. The van der Waals surface area contributed by atoms with Gasteiger partial charge in [0, 0.05) is 44.1 Å². The number of nitrogens with zero attached hydrogens (tertiary/aromatic N) is 2. The van der Waals surface area contributed by atoms with Crippen LogP contribution in [0.15, 0.2) is 85.5 Å². The normalized spacial score (nSPS) is 20.9. The molecule has 0 radical (unpaired) electrons. The first kappa shape index (κ1) is 39.1. The van der Waals surface area contributed by atoms with Crippen molar-refractivity contribution < 1.29 is 37.7 Å². The SMILES string of the molecule is C=CCO[C@@H]1C[C@H]([C@@H](O)[C@H](Cc2cc(F)cc(F)c2)OC(=O)C(CCc2ccccc2)N2CCC(CC(C)C)C2=O)N(Cc2ccc(OC)cc2)C1. The number of aliphatic hydroxyl groups is 1. The van der Waals surface area contributed by atoms with Gasteiger partial charge in [-0.1, -0.05) is 62.4 Å². The van der Waals surface area contributed by atoms with E-state index in [4.69, 9.17) is 14.2 Å². The van der Waals surface area contributed by atoms with E-state index in [1.165, 1.54) is 12.1 Å². The van der Waals surface area contributed by atoms with Crippen LogP contribution in [0.25, 0.3) is 0 Å². The number of likely N-dealkylation sites (tertiary alicyclic amines) is 2. The van der Waals surface area contributed by atoms with Crippen molar-refractivity contribution in [3.05, 3.63) is 114 Å². The topological polar surface area (TPSA) is 88.5 Å². The van der Waals surface area contributed by atoms with Gasteiger partial charge in [-0.2, -0.15) is 0 Å². The maximum absolute atomic E-state index is 14.4. The molecular weight excluding hydrogens is 666 g/mol. The smallest absolute Gasteiger partial charge is 0.329 e. The highest BCUT2D eigenvalue weighted by molar-refractivity contribution is 5.87. The van der Waals surface area contributed by atoms with Gasteiger partial charge >= 0.3 is 5.97 Å². The van der Waals surface area contributed by atoms with Gasteiger partial charge in [0.05, 0.1) is 19.8 Å². The zero-order valence-electron chi connectivity index (χ0n) is 30.5. The van der Waals surface area contributed by atoms with Crippen molar-refractivity contribution in [2.24, 2.45) is 11.8 Å². The fourth-order valence-corrected chi connectivity index (χ4v) is 7.60. The summed E-state index contributed by atoms with van der Waals surface area (Å²) in [6.07, 6.45) is 1.50. The predicted octanol–water partition coefficient (Wildman–Crippen LogP) is 6.53. The van der Waals surface area contributed by atoms with Gasteiger partial charge in [-0.3, -0.25) is 9.69 Å². The molecule has 3 aromatic carbocycles. The summed E-state index contributed by atoms with van der Waals surface area (Å²) in [4.78, 5) is 31.8. The van der Waals surface area contributed by atoms with Crippen LogP contribution in [-0.4, -0.2) is 84.0 Å². The molecular formula is C42H52F2N2O6. The number of benzene rings is 3. The minimum atomic E-state index is -1.26. The number of halogens is 2. The molecule has 5 rings (SSSR count). The van der Waals surface area contributed by atoms with Crippen LogP contribution < -0.4 is 4.74 Å². The van der Waals surface area contributed by atoms with Crippen LogP contribution in [0.5, 0.6) is 5.75 Å². The molecule has 10 heteroatoms. The van der Waals surface area contributed by atoms with Gasteiger partial charge in [-0.25, -0.2) is 13.6 Å². The number of hydrogen-bond donors (Lipinski definition) is 1. The molecule has 0 aromatic heterocycles. The van der Waals surface area contributed by atoms with E-state index in [1.54, 1.807) is 18.1 Å². The lowest BCUT2D eigenvalue weighted by Gasteiger charge is -2.35. The lowest BCUT2D eigenvalue weighted by molar-refractivity contribution is -0.166. The zero-order valence-corrected chi connectivity index (χ0v) is 30.5. The predicted molar refractivity (Wildman–Crippen MR) is 196 cm³/mol. The number of carbonyl (C=O) groups is 2. The summed E-state index contributed by atoms with van der Waals surface area (Å²) in [5.41, 5.74) is 2.24. The van der Waals surface area contributed by atoms with Crippen LogP contribution in [0.1, 0.15) is 56.2 Å². The van der Waals surface area contributed by atoms with Gasteiger partial charge in [-0.05, 0) is 79.0 Å². The quantitative estimate of drug-likeness (QED) is 0.118. The van der Waals surface area contributed by atoms with E-state index < -0.39 is 41.9 Å².